The van der Waals surface area contributed by atoms with Crippen LogP contribution < -0.4 is 5.32 Å². The number of aliphatic hydroxyl groups excluding tert-OH is 1. The molecule has 0 fully saturated rings. The minimum absolute atomic E-state index is 0.470. The molecule has 0 aromatic heterocycles. The van der Waals surface area contributed by atoms with Gasteiger partial charge in [0.05, 0.1) is 6.10 Å². The number of hydrogen-bond donors (Lipinski definition) is 2. The molecule has 0 saturated carbocycles. The van der Waals surface area contributed by atoms with E-state index < -0.39 is 6.10 Å². The standard InChI is InChI=1S/C13H20Cl2N2O/c1-3-17(2)7-6-16-9-13(18)11-8-10(14)4-5-12(11)15/h4-5,8,13,16,18H,3,6-7,9H2,1-2H3. The van der Waals surface area contributed by atoms with Gasteiger partial charge < -0.3 is 15.3 Å². The van der Waals surface area contributed by atoms with E-state index in [0.29, 0.717) is 22.2 Å². The van der Waals surface area contributed by atoms with Crippen LogP contribution in [0.15, 0.2) is 18.2 Å². The van der Waals surface area contributed by atoms with Crippen molar-refractivity contribution in [3.05, 3.63) is 33.8 Å². The molecule has 0 saturated heterocycles. The van der Waals surface area contributed by atoms with Gasteiger partial charge >= 0.3 is 0 Å². The number of halogens is 2. The highest BCUT2D eigenvalue weighted by Crippen LogP contribution is 2.25. The van der Waals surface area contributed by atoms with Crippen LogP contribution in [0.5, 0.6) is 0 Å². The maximum atomic E-state index is 10.0. The van der Waals surface area contributed by atoms with Gasteiger partial charge in [-0.1, -0.05) is 30.1 Å². The van der Waals surface area contributed by atoms with Crippen LogP contribution >= 0.6 is 23.2 Å². The molecule has 0 radical (unpaired) electrons. The van der Waals surface area contributed by atoms with Gasteiger partial charge in [-0.3, -0.25) is 0 Å². The minimum Gasteiger partial charge on any atom is -0.387 e. The Kier molecular flexibility index (Phi) is 6.97. The van der Waals surface area contributed by atoms with E-state index >= 15 is 0 Å². The predicted octanol–water partition coefficient (Wildman–Crippen LogP) is 2.57. The minimum atomic E-state index is -0.636. The predicted molar refractivity (Wildman–Crippen MR) is 77.5 cm³/mol. The van der Waals surface area contributed by atoms with E-state index in [0.717, 1.165) is 19.6 Å². The van der Waals surface area contributed by atoms with Crippen LogP contribution in [0, 0.1) is 0 Å². The van der Waals surface area contributed by atoms with Crippen LogP contribution in [0.25, 0.3) is 0 Å². The van der Waals surface area contributed by atoms with Crippen LogP contribution in [0.1, 0.15) is 18.6 Å². The Morgan fingerprint density at radius 2 is 2.11 bits per heavy atom. The van der Waals surface area contributed by atoms with E-state index in [-0.39, 0.29) is 0 Å². The fraction of sp³-hybridized carbons (Fsp3) is 0.538. The molecule has 0 bridgehead atoms. The molecule has 1 unspecified atom stereocenters. The third kappa shape index (κ3) is 5.12. The van der Waals surface area contributed by atoms with Gasteiger partial charge in [0.2, 0.25) is 0 Å². The van der Waals surface area contributed by atoms with E-state index in [4.69, 9.17) is 23.2 Å². The first-order valence-corrected chi connectivity index (χ1v) is 6.82. The number of benzene rings is 1. The Balaban J connectivity index is 2.40. The van der Waals surface area contributed by atoms with Crippen LogP contribution in [0.2, 0.25) is 10.0 Å². The highest BCUT2D eigenvalue weighted by atomic mass is 35.5. The van der Waals surface area contributed by atoms with Crippen molar-refractivity contribution in [2.24, 2.45) is 0 Å². The largest absolute Gasteiger partial charge is 0.387 e. The molecule has 0 aliphatic heterocycles. The van der Waals surface area contributed by atoms with Crippen molar-refractivity contribution in [3.63, 3.8) is 0 Å². The van der Waals surface area contributed by atoms with Crippen molar-refractivity contribution in [2.75, 3.05) is 33.2 Å². The molecule has 1 aromatic rings. The van der Waals surface area contributed by atoms with Crippen molar-refractivity contribution in [3.8, 4) is 0 Å². The molecule has 0 aliphatic carbocycles. The van der Waals surface area contributed by atoms with Gasteiger partial charge in [0.15, 0.2) is 0 Å². The van der Waals surface area contributed by atoms with Gasteiger partial charge in [0, 0.05) is 35.2 Å². The number of aliphatic hydroxyl groups is 1. The number of likely N-dealkylation sites (N-methyl/N-ethyl adjacent to an activating group) is 1. The Morgan fingerprint density at radius 1 is 1.39 bits per heavy atom. The molecular formula is C13H20Cl2N2O. The second-order valence-corrected chi connectivity index (χ2v) is 5.13. The summed E-state index contributed by atoms with van der Waals surface area (Å²) in [7, 11) is 2.06. The maximum Gasteiger partial charge on any atom is 0.0929 e. The first-order chi connectivity index (χ1) is 8.54. The smallest absolute Gasteiger partial charge is 0.0929 e. The van der Waals surface area contributed by atoms with Crippen molar-refractivity contribution in [1.29, 1.82) is 0 Å². The maximum absolute atomic E-state index is 10.0. The molecule has 0 amide bonds. The SMILES string of the molecule is CCN(C)CCNCC(O)c1cc(Cl)ccc1Cl. The molecule has 18 heavy (non-hydrogen) atoms. The summed E-state index contributed by atoms with van der Waals surface area (Å²) in [6.45, 7) is 5.38. The number of rotatable bonds is 7. The zero-order valence-electron chi connectivity index (χ0n) is 10.8. The lowest BCUT2D eigenvalue weighted by Crippen LogP contribution is -2.31. The van der Waals surface area contributed by atoms with Crippen LogP contribution in [0.3, 0.4) is 0 Å². The van der Waals surface area contributed by atoms with E-state index in [9.17, 15) is 5.11 Å². The summed E-state index contributed by atoms with van der Waals surface area (Å²) in [6, 6.07) is 5.12. The normalized spacial score (nSPS) is 13.0. The highest BCUT2D eigenvalue weighted by molar-refractivity contribution is 6.33. The molecular weight excluding hydrogens is 271 g/mol. The van der Waals surface area contributed by atoms with Gasteiger partial charge in [-0.05, 0) is 31.8 Å². The molecule has 5 heteroatoms. The molecule has 1 atom stereocenters. The molecule has 2 N–H and O–H groups in total. The highest BCUT2D eigenvalue weighted by Gasteiger charge is 2.11. The Bertz CT molecular complexity index is 374. The molecule has 102 valence electrons. The van der Waals surface area contributed by atoms with Crippen molar-refractivity contribution in [2.45, 2.75) is 13.0 Å². The second-order valence-electron chi connectivity index (χ2n) is 4.28. The average Bonchev–Trinajstić information content (AvgIpc) is 2.36. The summed E-state index contributed by atoms with van der Waals surface area (Å²) in [4.78, 5) is 2.20. The third-order valence-electron chi connectivity index (χ3n) is 2.86. The molecule has 0 heterocycles. The Morgan fingerprint density at radius 3 is 2.78 bits per heavy atom. The van der Waals surface area contributed by atoms with Gasteiger partial charge in [-0.15, -0.1) is 0 Å². The van der Waals surface area contributed by atoms with Crippen LogP contribution in [-0.4, -0.2) is 43.2 Å². The summed E-state index contributed by atoms with van der Waals surface area (Å²) in [5.74, 6) is 0. The fourth-order valence-corrected chi connectivity index (χ4v) is 1.97. The van der Waals surface area contributed by atoms with Gasteiger partial charge in [-0.2, -0.15) is 0 Å². The van der Waals surface area contributed by atoms with E-state index in [1.165, 1.54) is 0 Å². The van der Waals surface area contributed by atoms with Crippen molar-refractivity contribution in [1.82, 2.24) is 10.2 Å². The first-order valence-electron chi connectivity index (χ1n) is 6.07. The monoisotopic (exact) mass is 290 g/mol. The number of nitrogens with zero attached hydrogens (tertiary/aromatic N) is 1. The third-order valence-corrected chi connectivity index (χ3v) is 3.44. The molecule has 3 nitrogen and oxygen atoms in total. The zero-order valence-corrected chi connectivity index (χ0v) is 12.3. The number of hydrogen-bond acceptors (Lipinski definition) is 3. The second kappa shape index (κ2) is 7.97. The lowest BCUT2D eigenvalue weighted by molar-refractivity contribution is 0.173. The zero-order chi connectivity index (χ0) is 13.5. The molecule has 1 aromatic carbocycles. The average molecular weight is 291 g/mol. The Hall–Kier alpha value is -0.320. The topological polar surface area (TPSA) is 35.5 Å². The van der Waals surface area contributed by atoms with Gasteiger partial charge in [0.25, 0.3) is 0 Å². The summed E-state index contributed by atoms with van der Waals surface area (Å²) in [6.07, 6.45) is -0.636. The van der Waals surface area contributed by atoms with Crippen molar-refractivity contribution < 1.29 is 5.11 Å². The lowest BCUT2D eigenvalue weighted by Gasteiger charge is -2.17. The summed E-state index contributed by atoms with van der Waals surface area (Å²) >= 11 is 11.9. The van der Waals surface area contributed by atoms with Gasteiger partial charge in [0.1, 0.15) is 0 Å². The number of nitrogens with one attached hydrogen (secondary N) is 1. The fourth-order valence-electron chi connectivity index (χ4n) is 1.55. The van der Waals surface area contributed by atoms with E-state index in [2.05, 4.69) is 24.2 Å². The summed E-state index contributed by atoms with van der Waals surface area (Å²) in [5.41, 5.74) is 0.667. The molecule has 1 rings (SSSR count). The summed E-state index contributed by atoms with van der Waals surface area (Å²) < 4.78 is 0. The van der Waals surface area contributed by atoms with Gasteiger partial charge in [-0.25, -0.2) is 0 Å². The first kappa shape index (κ1) is 15.7. The molecule has 0 aliphatic rings. The lowest BCUT2D eigenvalue weighted by atomic mass is 10.1. The van der Waals surface area contributed by atoms with E-state index in [1.54, 1.807) is 18.2 Å². The van der Waals surface area contributed by atoms with E-state index in [1.807, 2.05) is 0 Å². The molecule has 0 spiro atoms. The van der Waals surface area contributed by atoms with Crippen LogP contribution in [0.4, 0.5) is 0 Å². The van der Waals surface area contributed by atoms with Crippen molar-refractivity contribution >= 4 is 23.2 Å². The van der Waals surface area contributed by atoms with Crippen LogP contribution in [-0.2, 0) is 0 Å². The summed E-state index contributed by atoms with van der Waals surface area (Å²) in [5, 5.41) is 14.4. The quantitative estimate of drug-likeness (QED) is 0.758. The Labute approximate surface area is 119 Å².